The van der Waals surface area contributed by atoms with E-state index >= 15 is 0 Å². The molecule has 3 unspecified atom stereocenters. The van der Waals surface area contributed by atoms with Gasteiger partial charge in [-0.2, -0.15) is 0 Å². The van der Waals surface area contributed by atoms with E-state index in [0.717, 1.165) is 24.0 Å². The van der Waals surface area contributed by atoms with Crippen molar-refractivity contribution in [1.29, 1.82) is 0 Å². The van der Waals surface area contributed by atoms with Gasteiger partial charge in [-0.15, -0.1) is 12.4 Å². The van der Waals surface area contributed by atoms with Crippen LogP contribution in [-0.2, 0) is 9.59 Å². The number of carbonyl (C=O) groups excluding carboxylic acids is 2. The number of carboxylic acid groups (broad SMARTS) is 1. The van der Waals surface area contributed by atoms with Crippen molar-refractivity contribution in [2.45, 2.75) is 39.2 Å². The molecule has 3 N–H and O–H groups in total. The topological polar surface area (TPSA) is 126 Å². The highest BCUT2D eigenvalue weighted by atomic mass is 35.5. The second-order valence-electron chi connectivity index (χ2n) is 9.50. The lowest BCUT2D eigenvalue weighted by Crippen LogP contribution is -2.48. The average molecular weight is 559 g/mol. The number of piperidine rings is 1. The average Bonchev–Trinajstić information content (AvgIpc) is 3.73. The van der Waals surface area contributed by atoms with Gasteiger partial charge in [0.1, 0.15) is 6.04 Å². The minimum absolute atomic E-state index is 0. The van der Waals surface area contributed by atoms with Crippen LogP contribution in [0.25, 0.3) is 22.2 Å². The zero-order chi connectivity index (χ0) is 26.6. The van der Waals surface area contributed by atoms with E-state index in [0.29, 0.717) is 41.5 Å². The summed E-state index contributed by atoms with van der Waals surface area (Å²) < 4.78 is 0. The number of nitrogens with zero attached hydrogens (tertiary/aromatic N) is 3. The third-order valence-electron chi connectivity index (χ3n) is 6.98. The molecule has 206 valence electrons. The van der Waals surface area contributed by atoms with Crippen LogP contribution in [0.1, 0.15) is 49.0 Å². The molecular formula is C31H31ClN4O4. The van der Waals surface area contributed by atoms with Crippen LogP contribution in [-0.4, -0.2) is 56.8 Å². The minimum atomic E-state index is -0.934. The van der Waals surface area contributed by atoms with Gasteiger partial charge in [0, 0.05) is 46.9 Å². The van der Waals surface area contributed by atoms with Crippen LogP contribution < -0.4 is 5.73 Å². The third-order valence-corrected chi connectivity index (χ3v) is 6.98. The van der Waals surface area contributed by atoms with Gasteiger partial charge >= 0.3 is 5.97 Å². The van der Waals surface area contributed by atoms with Crippen molar-refractivity contribution in [2.24, 2.45) is 17.6 Å². The number of aromatic nitrogens is 2. The lowest BCUT2D eigenvalue weighted by molar-refractivity contribution is -0.152. The number of ketones is 1. The summed E-state index contributed by atoms with van der Waals surface area (Å²) in [6, 6.07) is 10.3. The molecule has 3 aromatic rings. The van der Waals surface area contributed by atoms with Crippen molar-refractivity contribution in [2.75, 3.05) is 13.1 Å². The fraction of sp³-hybridized carbons (Fsp3) is 0.323. The monoisotopic (exact) mass is 558 g/mol. The van der Waals surface area contributed by atoms with Gasteiger partial charge in [0.15, 0.2) is 5.78 Å². The first-order valence-electron chi connectivity index (χ1n) is 12.6. The van der Waals surface area contributed by atoms with E-state index in [4.69, 9.17) is 5.73 Å². The third kappa shape index (κ3) is 6.48. The molecule has 2 aromatic heterocycles. The highest BCUT2D eigenvalue weighted by Gasteiger charge is 2.46. The SMILES string of the molecule is C.Cl.NCC(=O)c1cc(-c2ccc(C#CC#CC3CC3C(=O)N3CCCCC3C(=O)O)cc2)nc2ccncc12. The Hall–Kier alpha value is -4.24. The van der Waals surface area contributed by atoms with Gasteiger partial charge in [-0.05, 0) is 61.8 Å². The maximum Gasteiger partial charge on any atom is 0.326 e. The molecule has 1 aromatic carbocycles. The number of hydrogen-bond donors (Lipinski definition) is 2. The van der Waals surface area contributed by atoms with Crippen LogP contribution in [0, 0.1) is 35.5 Å². The van der Waals surface area contributed by atoms with Gasteiger partial charge in [-0.25, -0.2) is 9.78 Å². The number of halogens is 1. The first-order chi connectivity index (χ1) is 18.5. The molecule has 9 heteroatoms. The Labute approximate surface area is 239 Å². The van der Waals surface area contributed by atoms with Crippen LogP contribution >= 0.6 is 12.4 Å². The zero-order valence-corrected chi connectivity index (χ0v) is 21.9. The van der Waals surface area contributed by atoms with Crippen LogP contribution in [0.15, 0.2) is 48.8 Å². The molecule has 2 aliphatic rings. The molecule has 3 heterocycles. The Morgan fingerprint density at radius 2 is 1.88 bits per heavy atom. The summed E-state index contributed by atoms with van der Waals surface area (Å²) in [5, 5.41) is 10.1. The number of amides is 1. The molecule has 1 amide bonds. The summed E-state index contributed by atoms with van der Waals surface area (Å²) in [6.45, 7) is 0.401. The molecule has 1 aliphatic heterocycles. The number of fused-ring (bicyclic) bond motifs is 1. The number of benzene rings is 1. The van der Waals surface area contributed by atoms with Gasteiger partial charge in [0.25, 0.3) is 0 Å². The van der Waals surface area contributed by atoms with Crippen molar-refractivity contribution >= 4 is 41.0 Å². The van der Waals surface area contributed by atoms with Crippen LogP contribution in [0.5, 0.6) is 0 Å². The summed E-state index contributed by atoms with van der Waals surface area (Å²) in [4.78, 5) is 46.9. The molecule has 0 bridgehead atoms. The van der Waals surface area contributed by atoms with Crippen molar-refractivity contribution in [3.8, 4) is 34.9 Å². The first-order valence-corrected chi connectivity index (χ1v) is 12.6. The minimum Gasteiger partial charge on any atom is -0.480 e. The maximum atomic E-state index is 12.8. The predicted molar refractivity (Wildman–Crippen MR) is 156 cm³/mol. The number of likely N-dealkylation sites (tertiary alicyclic amines) is 1. The Morgan fingerprint density at radius 3 is 2.60 bits per heavy atom. The molecule has 5 rings (SSSR count). The number of hydrogen-bond acceptors (Lipinski definition) is 6. The van der Waals surface area contributed by atoms with Gasteiger partial charge in [0.2, 0.25) is 5.91 Å². The van der Waals surface area contributed by atoms with E-state index in [1.807, 2.05) is 24.3 Å². The van der Waals surface area contributed by atoms with Gasteiger partial charge in [-0.3, -0.25) is 14.6 Å². The summed E-state index contributed by atoms with van der Waals surface area (Å²) in [5.41, 5.74) is 9.03. The molecule has 0 radical (unpaired) electrons. The Bertz CT molecular complexity index is 1550. The van der Waals surface area contributed by atoms with E-state index < -0.39 is 12.0 Å². The fourth-order valence-corrected chi connectivity index (χ4v) is 4.81. The molecular weight excluding hydrogens is 528 g/mol. The normalized spacial score (nSPS) is 19.0. The largest absolute Gasteiger partial charge is 0.480 e. The van der Waals surface area contributed by atoms with E-state index in [2.05, 4.69) is 33.6 Å². The quantitative estimate of drug-likeness (QED) is 0.358. The fourth-order valence-electron chi connectivity index (χ4n) is 4.81. The lowest BCUT2D eigenvalue weighted by Gasteiger charge is -2.33. The Kier molecular flexibility index (Phi) is 10.0. The van der Waals surface area contributed by atoms with E-state index in [-0.39, 0.29) is 49.9 Å². The van der Waals surface area contributed by atoms with E-state index in [9.17, 15) is 19.5 Å². The van der Waals surface area contributed by atoms with Gasteiger partial charge < -0.3 is 15.7 Å². The molecule has 3 atom stereocenters. The van der Waals surface area contributed by atoms with Gasteiger partial charge in [-0.1, -0.05) is 31.4 Å². The molecule has 40 heavy (non-hydrogen) atoms. The Morgan fingerprint density at radius 1 is 1.10 bits per heavy atom. The number of Topliss-reactive ketones (excluding diaryl/α,β-unsaturated/α-hetero) is 1. The summed E-state index contributed by atoms with van der Waals surface area (Å²) in [5.74, 6) is 10.2. The number of pyridine rings is 2. The van der Waals surface area contributed by atoms with Crippen molar-refractivity contribution < 1.29 is 19.5 Å². The molecule has 1 saturated heterocycles. The van der Waals surface area contributed by atoms with Crippen molar-refractivity contribution in [1.82, 2.24) is 14.9 Å². The van der Waals surface area contributed by atoms with Crippen LogP contribution in [0.4, 0.5) is 0 Å². The summed E-state index contributed by atoms with van der Waals surface area (Å²) in [7, 11) is 0. The number of carboxylic acids is 1. The second-order valence-corrected chi connectivity index (χ2v) is 9.50. The number of rotatable bonds is 5. The smallest absolute Gasteiger partial charge is 0.326 e. The molecule has 8 nitrogen and oxygen atoms in total. The Balaban J connectivity index is 0.00000220. The van der Waals surface area contributed by atoms with Crippen molar-refractivity contribution in [3.63, 3.8) is 0 Å². The highest BCUT2D eigenvalue weighted by molar-refractivity contribution is 6.08. The summed E-state index contributed by atoms with van der Waals surface area (Å²) >= 11 is 0. The summed E-state index contributed by atoms with van der Waals surface area (Å²) in [6.07, 6.45) is 6.08. The second kappa shape index (κ2) is 13.2. The van der Waals surface area contributed by atoms with Crippen molar-refractivity contribution in [3.05, 3.63) is 59.9 Å². The zero-order valence-electron chi connectivity index (χ0n) is 21.1. The number of aliphatic carboxylic acids is 1. The molecule has 1 saturated carbocycles. The van der Waals surface area contributed by atoms with E-state index in [1.165, 1.54) is 4.90 Å². The molecule has 1 aliphatic carbocycles. The van der Waals surface area contributed by atoms with E-state index in [1.54, 1.807) is 24.5 Å². The number of nitrogens with two attached hydrogens (primary N) is 1. The predicted octanol–water partition coefficient (Wildman–Crippen LogP) is 3.95. The number of carbonyl (C=O) groups is 3. The molecule has 2 fully saturated rings. The first kappa shape index (κ1) is 30.3. The van der Waals surface area contributed by atoms with Crippen LogP contribution in [0.2, 0.25) is 0 Å². The van der Waals surface area contributed by atoms with Crippen LogP contribution in [0.3, 0.4) is 0 Å². The lowest BCUT2D eigenvalue weighted by atomic mass is 10.0. The maximum absolute atomic E-state index is 12.8. The molecule has 0 spiro atoms. The van der Waals surface area contributed by atoms with Gasteiger partial charge in [0.05, 0.1) is 23.7 Å². The highest BCUT2D eigenvalue weighted by Crippen LogP contribution is 2.40. The standard InChI is InChI=1S/C30H26N4O4.CH4.ClH/c31-17-28(35)23-16-26(33-25-12-13-32-18-24(23)25)20-10-8-19(9-11-20)5-1-2-6-21-15-22(21)29(36)34-14-4-3-7-27(34)30(37)38;;/h8-13,16,18,21-22,27H,3-4,7,14-15,17,31H2,(H,37,38);1H4;1H.